The monoisotopic (exact) mass is 314 g/mol. The predicted octanol–water partition coefficient (Wildman–Crippen LogP) is 2.55. The number of benzene rings is 1. The molecule has 6 nitrogen and oxygen atoms in total. The van der Waals surface area contributed by atoms with E-state index in [4.69, 9.17) is 4.42 Å². The summed E-state index contributed by atoms with van der Waals surface area (Å²) >= 11 is 0. The molecule has 0 unspecified atom stereocenters. The number of carbonyl (C=O) groups excluding carboxylic acids is 1. The molecule has 1 amide bonds. The third-order valence-corrected chi connectivity index (χ3v) is 3.45. The predicted molar refractivity (Wildman–Crippen MR) is 80.7 cm³/mol. The van der Waals surface area contributed by atoms with Crippen LogP contribution in [-0.2, 0) is 11.3 Å². The van der Waals surface area contributed by atoms with E-state index in [9.17, 15) is 9.18 Å². The number of carbonyl (C=O) groups is 1. The second-order valence-corrected chi connectivity index (χ2v) is 5.02. The summed E-state index contributed by atoms with van der Waals surface area (Å²) in [4.78, 5) is 15.9. The number of nitrogens with zero attached hydrogens (tertiary/aromatic N) is 3. The van der Waals surface area contributed by atoms with Crippen LogP contribution in [0.5, 0.6) is 0 Å². The van der Waals surface area contributed by atoms with Crippen LogP contribution < -0.4 is 5.32 Å². The highest BCUT2D eigenvalue weighted by Crippen LogP contribution is 2.24. The lowest BCUT2D eigenvalue weighted by atomic mass is 10.1. The van der Waals surface area contributed by atoms with Crippen LogP contribution in [0.15, 0.2) is 53.5 Å². The number of rotatable bonds is 5. The molecule has 3 aromatic rings. The molecular weight excluding hydrogens is 299 g/mol. The van der Waals surface area contributed by atoms with Crippen molar-refractivity contribution in [1.82, 2.24) is 20.1 Å². The summed E-state index contributed by atoms with van der Waals surface area (Å²) < 4.78 is 20.8. The second kappa shape index (κ2) is 6.43. The van der Waals surface area contributed by atoms with Gasteiger partial charge in [0.15, 0.2) is 0 Å². The summed E-state index contributed by atoms with van der Waals surface area (Å²) in [5.41, 5.74) is 0.390. The Morgan fingerprint density at radius 2 is 2.17 bits per heavy atom. The Morgan fingerprint density at radius 1 is 1.35 bits per heavy atom. The summed E-state index contributed by atoms with van der Waals surface area (Å²) in [5, 5.41) is 6.68. The maximum Gasteiger partial charge on any atom is 0.245 e. The van der Waals surface area contributed by atoms with Gasteiger partial charge in [0.1, 0.15) is 36.0 Å². The second-order valence-electron chi connectivity index (χ2n) is 5.02. The van der Waals surface area contributed by atoms with Gasteiger partial charge in [0.25, 0.3) is 0 Å². The third-order valence-electron chi connectivity index (χ3n) is 3.45. The van der Waals surface area contributed by atoms with Gasteiger partial charge in [-0.25, -0.2) is 14.1 Å². The van der Waals surface area contributed by atoms with E-state index >= 15 is 0 Å². The van der Waals surface area contributed by atoms with Crippen LogP contribution >= 0.6 is 0 Å². The molecule has 0 aliphatic carbocycles. The van der Waals surface area contributed by atoms with Gasteiger partial charge < -0.3 is 9.73 Å². The smallest absolute Gasteiger partial charge is 0.245 e. The summed E-state index contributed by atoms with van der Waals surface area (Å²) in [5.74, 6) is 0.413. The standard InChI is InChI=1S/C16H15FN4O2/c1-11(21-10-18-9-20-21)16(22)19-8-12-6-7-15(23-12)13-4-2-3-5-14(13)17/h2-7,9-11H,8H2,1H3,(H,19,22)/t11-/m1/s1. The highest BCUT2D eigenvalue weighted by Gasteiger charge is 2.16. The van der Waals surface area contributed by atoms with E-state index in [1.165, 1.54) is 23.4 Å². The Labute approximate surface area is 132 Å². The number of furan rings is 1. The van der Waals surface area contributed by atoms with Crippen LogP contribution in [0.4, 0.5) is 4.39 Å². The van der Waals surface area contributed by atoms with E-state index in [2.05, 4.69) is 15.4 Å². The topological polar surface area (TPSA) is 73.0 Å². The molecule has 0 aliphatic heterocycles. The molecule has 7 heteroatoms. The van der Waals surface area contributed by atoms with Crippen LogP contribution in [0, 0.1) is 5.82 Å². The Hall–Kier alpha value is -2.96. The van der Waals surface area contributed by atoms with Crippen LogP contribution in [0.25, 0.3) is 11.3 Å². The van der Waals surface area contributed by atoms with Crippen molar-refractivity contribution in [3.63, 3.8) is 0 Å². The van der Waals surface area contributed by atoms with Crippen molar-refractivity contribution in [2.75, 3.05) is 0 Å². The van der Waals surface area contributed by atoms with Crippen molar-refractivity contribution in [1.29, 1.82) is 0 Å². The van der Waals surface area contributed by atoms with E-state index < -0.39 is 6.04 Å². The molecule has 2 aromatic heterocycles. The molecule has 1 aromatic carbocycles. The molecule has 0 saturated carbocycles. The van der Waals surface area contributed by atoms with Crippen molar-refractivity contribution >= 4 is 5.91 Å². The van der Waals surface area contributed by atoms with Gasteiger partial charge in [-0.05, 0) is 31.2 Å². The third kappa shape index (κ3) is 3.28. The first-order valence-corrected chi connectivity index (χ1v) is 7.10. The first-order valence-electron chi connectivity index (χ1n) is 7.10. The van der Waals surface area contributed by atoms with Crippen molar-refractivity contribution < 1.29 is 13.6 Å². The van der Waals surface area contributed by atoms with Crippen LogP contribution in [0.3, 0.4) is 0 Å². The van der Waals surface area contributed by atoms with Crippen molar-refractivity contribution in [3.8, 4) is 11.3 Å². The summed E-state index contributed by atoms with van der Waals surface area (Å²) in [6.45, 7) is 1.93. The van der Waals surface area contributed by atoms with Gasteiger partial charge in [0.05, 0.1) is 12.1 Å². The van der Waals surface area contributed by atoms with E-state index in [0.29, 0.717) is 17.1 Å². The molecule has 0 bridgehead atoms. The molecule has 3 rings (SSSR count). The molecular formula is C16H15FN4O2. The minimum Gasteiger partial charge on any atom is -0.459 e. The molecule has 2 heterocycles. The molecule has 1 N–H and O–H groups in total. The molecule has 1 atom stereocenters. The fraction of sp³-hybridized carbons (Fsp3) is 0.188. The Morgan fingerprint density at radius 3 is 2.91 bits per heavy atom. The summed E-state index contributed by atoms with van der Waals surface area (Å²) in [6.07, 6.45) is 2.85. The van der Waals surface area contributed by atoms with Gasteiger partial charge in [0, 0.05) is 0 Å². The lowest BCUT2D eigenvalue weighted by Gasteiger charge is -2.11. The lowest BCUT2D eigenvalue weighted by molar-refractivity contribution is -0.124. The molecule has 0 fully saturated rings. The van der Waals surface area contributed by atoms with Crippen molar-refractivity contribution in [3.05, 3.63) is 60.6 Å². The first-order chi connectivity index (χ1) is 11.1. The van der Waals surface area contributed by atoms with Crippen LogP contribution in [0.2, 0.25) is 0 Å². The minimum atomic E-state index is -0.474. The Balaban J connectivity index is 1.64. The number of aromatic nitrogens is 3. The number of hydrogen-bond donors (Lipinski definition) is 1. The molecule has 0 spiro atoms. The quantitative estimate of drug-likeness (QED) is 0.785. The van der Waals surface area contributed by atoms with Crippen molar-refractivity contribution in [2.24, 2.45) is 0 Å². The zero-order valence-electron chi connectivity index (χ0n) is 12.4. The van der Waals surface area contributed by atoms with Crippen LogP contribution in [0.1, 0.15) is 18.7 Å². The van der Waals surface area contributed by atoms with Crippen LogP contribution in [-0.4, -0.2) is 20.7 Å². The first kappa shape index (κ1) is 15.0. The van der Waals surface area contributed by atoms with Gasteiger partial charge in [-0.2, -0.15) is 5.10 Å². The average molecular weight is 314 g/mol. The number of halogens is 1. The molecule has 0 aliphatic rings. The van der Waals surface area contributed by atoms with Gasteiger partial charge in [-0.15, -0.1) is 0 Å². The molecule has 0 radical (unpaired) electrons. The normalized spacial score (nSPS) is 12.1. The zero-order valence-corrected chi connectivity index (χ0v) is 12.4. The SMILES string of the molecule is C[C@H](C(=O)NCc1ccc(-c2ccccc2F)o1)n1cncn1. The summed E-state index contributed by atoms with van der Waals surface area (Å²) in [6, 6.07) is 9.29. The van der Waals surface area contributed by atoms with Gasteiger partial charge in [0.2, 0.25) is 5.91 Å². The highest BCUT2D eigenvalue weighted by atomic mass is 19.1. The summed E-state index contributed by atoms with van der Waals surface area (Å²) in [7, 11) is 0. The Bertz CT molecular complexity index is 798. The van der Waals surface area contributed by atoms with Gasteiger partial charge in [-0.1, -0.05) is 12.1 Å². The number of hydrogen-bond acceptors (Lipinski definition) is 4. The van der Waals surface area contributed by atoms with E-state index in [-0.39, 0.29) is 18.3 Å². The van der Waals surface area contributed by atoms with E-state index in [1.54, 1.807) is 37.3 Å². The van der Waals surface area contributed by atoms with Crippen molar-refractivity contribution in [2.45, 2.75) is 19.5 Å². The maximum absolute atomic E-state index is 13.7. The molecule has 0 saturated heterocycles. The average Bonchev–Trinajstić information content (AvgIpc) is 3.24. The number of nitrogens with one attached hydrogen (secondary N) is 1. The fourth-order valence-electron chi connectivity index (χ4n) is 2.14. The highest BCUT2D eigenvalue weighted by molar-refractivity contribution is 5.79. The number of amides is 1. The van der Waals surface area contributed by atoms with Gasteiger partial charge >= 0.3 is 0 Å². The van der Waals surface area contributed by atoms with Gasteiger partial charge in [-0.3, -0.25) is 4.79 Å². The lowest BCUT2D eigenvalue weighted by Crippen LogP contribution is -2.30. The molecule has 23 heavy (non-hydrogen) atoms. The Kier molecular flexibility index (Phi) is 4.18. The fourth-order valence-corrected chi connectivity index (χ4v) is 2.14. The zero-order chi connectivity index (χ0) is 16.2. The molecule has 118 valence electrons. The maximum atomic E-state index is 13.7. The van der Waals surface area contributed by atoms with E-state index in [1.807, 2.05) is 0 Å². The largest absolute Gasteiger partial charge is 0.459 e. The van der Waals surface area contributed by atoms with E-state index in [0.717, 1.165) is 0 Å². The minimum absolute atomic E-state index is 0.209.